The van der Waals surface area contributed by atoms with E-state index in [-0.39, 0.29) is 16.4 Å². The van der Waals surface area contributed by atoms with Gasteiger partial charge in [-0.2, -0.15) is 10.6 Å². The monoisotopic (exact) mass is 638 g/mol. The molecule has 0 atom stereocenters. The molecule has 0 bridgehead atoms. The molecule has 9 nitrogen and oxygen atoms in total. The fourth-order valence-corrected chi connectivity index (χ4v) is 9.60. The molecule has 42 heavy (non-hydrogen) atoms. The van der Waals surface area contributed by atoms with Gasteiger partial charge in [0.2, 0.25) is 10.0 Å². The van der Waals surface area contributed by atoms with Gasteiger partial charge in [-0.1, -0.05) is 39.5 Å². The average Bonchev–Trinajstić information content (AvgIpc) is 3.80. The minimum Gasteiger partial charge on any atom is -0.478 e. The maximum absolute atomic E-state index is 12.5. The number of nitrogens with zero attached hydrogens (tertiary/aromatic N) is 1. The lowest BCUT2D eigenvalue weighted by atomic mass is 9.79. The minimum absolute atomic E-state index is 0.214. The number of anilines is 3. The van der Waals surface area contributed by atoms with Crippen molar-refractivity contribution in [2.24, 2.45) is 5.41 Å². The third kappa shape index (κ3) is 7.76. The Morgan fingerprint density at radius 2 is 1.79 bits per heavy atom. The summed E-state index contributed by atoms with van der Waals surface area (Å²) in [6, 6.07) is 10.7. The first-order valence-corrected chi connectivity index (χ1v) is 18.9. The Morgan fingerprint density at radius 1 is 1.14 bits per heavy atom. The highest BCUT2D eigenvalue weighted by atomic mass is 32.3. The van der Waals surface area contributed by atoms with E-state index >= 15 is 0 Å². The lowest BCUT2D eigenvalue weighted by Crippen LogP contribution is -2.37. The highest BCUT2D eigenvalue weighted by Gasteiger charge is 2.43. The van der Waals surface area contributed by atoms with E-state index in [1.165, 1.54) is 11.8 Å². The van der Waals surface area contributed by atoms with Crippen molar-refractivity contribution in [2.45, 2.75) is 80.3 Å². The molecule has 1 aliphatic carbocycles. The molecule has 4 N–H and O–H groups in total. The van der Waals surface area contributed by atoms with Crippen LogP contribution >= 0.6 is 22.4 Å². The van der Waals surface area contributed by atoms with Crippen LogP contribution in [0, 0.1) is 5.41 Å². The van der Waals surface area contributed by atoms with Gasteiger partial charge in [-0.25, -0.2) is 13.2 Å². The number of thioether (sulfide) groups is 1. The van der Waals surface area contributed by atoms with Crippen LogP contribution in [0.1, 0.15) is 65.2 Å². The number of ether oxygens (including phenoxy) is 1. The van der Waals surface area contributed by atoms with Crippen LogP contribution in [-0.4, -0.2) is 52.4 Å². The number of nitrogens with one attached hydrogen (secondary N) is 1. The van der Waals surface area contributed by atoms with Gasteiger partial charge in [0, 0.05) is 35.2 Å². The van der Waals surface area contributed by atoms with E-state index in [0.717, 1.165) is 56.6 Å². The van der Waals surface area contributed by atoms with Gasteiger partial charge in [0.25, 0.3) is 0 Å². The van der Waals surface area contributed by atoms with Gasteiger partial charge in [-0.3, -0.25) is 13.8 Å². The van der Waals surface area contributed by atoms with Gasteiger partial charge >= 0.3 is 5.97 Å². The molecule has 4 rings (SSSR count). The number of aliphatic carboxylic acids is 1. The van der Waals surface area contributed by atoms with E-state index in [2.05, 4.69) is 23.5 Å². The van der Waals surface area contributed by atoms with Crippen molar-refractivity contribution < 1.29 is 32.2 Å². The van der Waals surface area contributed by atoms with E-state index in [0.29, 0.717) is 46.3 Å². The predicted octanol–water partition coefficient (Wildman–Crippen LogP) is 7.92. The van der Waals surface area contributed by atoms with Crippen LogP contribution in [0.25, 0.3) is 0 Å². The maximum atomic E-state index is 12.5. The Bertz CT molecular complexity index is 1380. The average molecular weight is 639 g/mol. The predicted molar refractivity (Wildman–Crippen MR) is 172 cm³/mol. The van der Waals surface area contributed by atoms with Gasteiger partial charge < -0.3 is 14.7 Å². The molecule has 2 aromatic rings. The molecule has 1 fully saturated rings. The van der Waals surface area contributed by atoms with Crippen LogP contribution in [0.4, 0.5) is 17.1 Å². The molecule has 2 aromatic carbocycles. The quantitative estimate of drug-likeness (QED) is 0.0924. The van der Waals surface area contributed by atoms with Crippen LogP contribution in [-0.2, 0) is 14.8 Å². The maximum Gasteiger partial charge on any atom is 0.331 e. The summed E-state index contributed by atoms with van der Waals surface area (Å²) in [5.74, 6) is -0.588. The van der Waals surface area contributed by atoms with Crippen molar-refractivity contribution in [3.8, 4) is 5.75 Å². The summed E-state index contributed by atoms with van der Waals surface area (Å²) in [7, 11) is -6.67. The molecular weight excluding hydrogens is 597 g/mol. The van der Waals surface area contributed by atoms with Crippen LogP contribution < -0.4 is 14.4 Å². The normalized spacial score (nSPS) is 18.7. The van der Waals surface area contributed by atoms with E-state index in [4.69, 9.17) is 9.84 Å². The summed E-state index contributed by atoms with van der Waals surface area (Å²) >= 11 is 1.41. The fourth-order valence-electron chi connectivity index (χ4n) is 5.49. The largest absolute Gasteiger partial charge is 0.478 e. The minimum atomic E-state index is -3.40. The summed E-state index contributed by atoms with van der Waals surface area (Å²) in [5.41, 5.74) is 1.58. The molecule has 0 aromatic heterocycles. The number of hydrogen-bond donors (Lipinski definition) is 4. The van der Waals surface area contributed by atoms with Crippen molar-refractivity contribution in [2.75, 3.05) is 28.2 Å². The van der Waals surface area contributed by atoms with Gasteiger partial charge in [-0.05, 0) is 62.3 Å². The molecule has 0 unspecified atom stereocenters. The van der Waals surface area contributed by atoms with Crippen molar-refractivity contribution in [1.82, 2.24) is 0 Å². The van der Waals surface area contributed by atoms with E-state index < -0.39 is 26.6 Å². The summed E-state index contributed by atoms with van der Waals surface area (Å²) in [6.45, 7) is 4.83. The lowest BCUT2D eigenvalue weighted by molar-refractivity contribution is -0.131. The van der Waals surface area contributed by atoms with Gasteiger partial charge in [0.1, 0.15) is 5.75 Å². The Hall–Kier alpha value is -2.38. The summed E-state index contributed by atoms with van der Waals surface area (Å²) in [4.78, 5) is 14.2. The van der Waals surface area contributed by atoms with Gasteiger partial charge in [-0.15, -0.1) is 11.8 Å². The first-order chi connectivity index (χ1) is 19.9. The van der Waals surface area contributed by atoms with Crippen LogP contribution in [0.5, 0.6) is 5.75 Å². The number of carbonyl (C=O) groups is 1. The molecule has 0 spiro atoms. The summed E-state index contributed by atoms with van der Waals surface area (Å²) < 4.78 is 57.0. The van der Waals surface area contributed by atoms with Crippen LogP contribution in [0.2, 0.25) is 0 Å². The van der Waals surface area contributed by atoms with Crippen molar-refractivity contribution in [3.05, 3.63) is 48.7 Å². The molecule has 0 saturated heterocycles. The highest BCUT2D eigenvalue weighted by molar-refractivity contribution is 8.24. The van der Waals surface area contributed by atoms with Crippen molar-refractivity contribution in [3.63, 3.8) is 0 Å². The smallest absolute Gasteiger partial charge is 0.331 e. The van der Waals surface area contributed by atoms with E-state index in [1.807, 2.05) is 24.5 Å². The van der Waals surface area contributed by atoms with Crippen LogP contribution in [0.15, 0.2) is 58.5 Å². The second kappa shape index (κ2) is 13.5. The zero-order valence-corrected chi connectivity index (χ0v) is 26.9. The first-order valence-electron chi connectivity index (χ1n) is 14.4. The third-order valence-electron chi connectivity index (χ3n) is 7.82. The highest BCUT2D eigenvalue weighted by Crippen LogP contribution is 2.62. The topological polar surface area (TPSA) is 136 Å². The third-order valence-corrected chi connectivity index (χ3v) is 12.5. The number of rotatable bonds is 14. The molecule has 1 heterocycles. The summed E-state index contributed by atoms with van der Waals surface area (Å²) in [6.07, 6.45) is 10.8. The Morgan fingerprint density at radius 3 is 2.33 bits per heavy atom. The number of sulfonamides is 1. The molecule has 1 aliphatic heterocycles. The first kappa shape index (κ1) is 32.5. The second-order valence-electron chi connectivity index (χ2n) is 11.2. The van der Waals surface area contributed by atoms with E-state index in [1.54, 1.807) is 18.2 Å². The SMILES string of the molecule is CCCCC1(CCCC)CN(c2ccc(NS(=O)(=O)C3CC3)cc2)c2cc(SC)c(O/C=C/C(=O)O)cc2S(O)(O)C1. The standard InChI is InChI=1S/C30H42N2O7S3/c1-4-6-15-30(16-7-5-2)20-32(23-10-8-22(9-11-23)31-42(37,38)24-12-13-24)25-18-27(40-3)26(39-17-14-29(33)34)19-28(25)41(35,36)21-30/h8-11,14,17-19,24,31,35-36H,4-7,12-13,15-16,20-21H2,1-3H3,(H,33,34)/b17-14+. The number of hydrogen-bond acceptors (Lipinski definition) is 8. The Labute approximate surface area is 255 Å². The molecule has 1 saturated carbocycles. The number of fused-ring (bicyclic) bond motifs is 1. The number of benzene rings is 2. The number of carboxylic acid groups (broad SMARTS) is 1. The molecule has 232 valence electrons. The molecule has 0 radical (unpaired) electrons. The Kier molecular flexibility index (Phi) is 10.5. The zero-order chi connectivity index (χ0) is 30.5. The van der Waals surface area contributed by atoms with Gasteiger partial charge in [0.05, 0.1) is 33.1 Å². The zero-order valence-electron chi connectivity index (χ0n) is 24.4. The number of carboxylic acids is 1. The van der Waals surface area contributed by atoms with Gasteiger partial charge in [0.15, 0.2) is 0 Å². The van der Waals surface area contributed by atoms with E-state index in [9.17, 15) is 22.3 Å². The summed E-state index contributed by atoms with van der Waals surface area (Å²) in [5, 5.41) is 8.68. The number of unbranched alkanes of at least 4 members (excludes halogenated alkanes) is 2. The molecule has 12 heteroatoms. The van der Waals surface area contributed by atoms with Crippen molar-refractivity contribution in [1.29, 1.82) is 0 Å². The lowest BCUT2D eigenvalue weighted by Gasteiger charge is -2.42. The van der Waals surface area contributed by atoms with Crippen LogP contribution in [0.3, 0.4) is 0 Å². The molecule has 0 amide bonds. The molecular formula is C30H42N2O7S3. The Balaban J connectivity index is 1.83. The van der Waals surface area contributed by atoms with Crippen molar-refractivity contribution >= 4 is 55.4 Å². The molecule has 2 aliphatic rings. The second-order valence-corrected chi connectivity index (χ2v) is 16.1. The fraction of sp³-hybridized carbons (Fsp3) is 0.500.